The smallest absolute Gasteiger partial charge is 0.147 e. The summed E-state index contributed by atoms with van der Waals surface area (Å²) < 4.78 is 3.56. The quantitative estimate of drug-likeness (QED) is 0.246. The van der Waals surface area contributed by atoms with Crippen molar-refractivity contribution in [2.24, 2.45) is 0 Å². The number of imidazole rings is 1. The molecule has 0 atom stereocenters. The van der Waals surface area contributed by atoms with E-state index in [1.54, 1.807) is 11.3 Å². The molecule has 0 saturated carbocycles. The summed E-state index contributed by atoms with van der Waals surface area (Å²) in [5, 5.41) is 3.48. The largest absolute Gasteiger partial charge is 0.292 e. The molecular weight excluding hydrogens is 456 g/mol. The van der Waals surface area contributed by atoms with Crippen LogP contribution in [0.5, 0.6) is 0 Å². The average molecular weight is 479 g/mol. The van der Waals surface area contributed by atoms with E-state index >= 15 is 0 Å². The fourth-order valence-electron chi connectivity index (χ4n) is 4.91. The minimum Gasteiger partial charge on any atom is -0.292 e. The van der Waals surface area contributed by atoms with Crippen LogP contribution in [-0.2, 0) is 0 Å². The Bertz CT molecular complexity index is 1810. The molecule has 7 rings (SSSR count). The van der Waals surface area contributed by atoms with Crippen LogP contribution < -0.4 is 0 Å². The minimum atomic E-state index is 0.974. The number of hydrogen-bond acceptors (Lipinski definition) is 2. The second-order valence-corrected chi connectivity index (χ2v) is 9.81. The van der Waals surface area contributed by atoms with Crippen LogP contribution in [0.1, 0.15) is 0 Å². The summed E-state index contributed by atoms with van der Waals surface area (Å²) in [7, 11) is 0. The third kappa shape index (κ3) is 3.53. The van der Waals surface area contributed by atoms with Gasteiger partial charge in [0.2, 0.25) is 0 Å². The molecule has 0 bridgehead atoms. The summed E-state index contributed by atoms with van der Waals surface area (Å²) in [6.45, 7) is 0. The summed E-state index contributed by atoms with van der Waals surface area (Å²) in [5.74, 6) is 0.974. The molecule has 36 heavy (non-hydrogen) atoms. The molecule has 170 valence electrons. The number of aromatic nitrogens is 2. The van der Waals surface area contributed by atoms with Gasteiger partial charge in [-0.25, -0.2) is 4.98 Å². The maximum Gasteiger partial charge on any atom is 0.147 e. The van der Waals surface area contributed by atoms with Crippen LogP contribution in [0.4, 0.5) is 0 Å². The normalized spacial score (nSPS) is 11.3. The lowest BCUT2D eigenvalue weighted by Crippen LogP contribution is -1.97. The summed E-state index contributed by atoms with van der Waals surface area (Å²) in [5.41, 5.74) is 9.29. The van der Waals surface area contributed by atoms with Gasteiger partial charge in [0, 0.05) is 26.7 Å². The molecule has 3 heteroatoms. The average Bonchev–Trinajstić information content (AvgIpc) is 3.55. The number of nitrogens with zero attached hydrogens (tertiary/aromatic N) is 2. The zero-order chi connectivity index (χ0) is 23.9. The molecule has 0 saturated heterocycles. The van der Waals surface area contributed by atoms with Crippen molar-refractivity contribution in [3.63, 3.8) is 0 Å². The lowest BCUT2D eigenvalue weighted by molar-refractivity contribution is 1.11. The Morgan fingerprint density at radius 3 is 1.92 bits per heavy atom. The molecule has 0 unspecified atom stereocenters. The molecular formula is C33H22N2S. The summed E-state index contributed by atoms with van der Waals surface area (Å²) in [6, 6.07) is 45.0. The molecule has 0 radical (unpaired) electrons. The van der Waals surface area contributed by atoms with E-state index in [9.17, 15) is 0 Å². The van der Waals surface area contributed by atoms with Crippen LogP contribution in [0.2, 0.25) is 0 Å². The van der Waals surface area contributed by atoms with Crippen molar-refractivity contribution < 1.29 is 0 Å². The number of benzene rings is 5. The molecule has 0 aliphatic rings. The van der Waals surface area contributed by atoms with Crippen LogP contribution in [0.25, 0.3) is 60.4 Å². The van der Waals surface area contributed by atoms with Gasteiger partial charge in [-0.15, -0.1) is 11.3 Å². The van der Waals surface area contributed by atoms with Crippen molar-refractivity contribution >= 4 is 32.5 Å². The minimum absolute atomic E-state index is 0.974. The zero-order valence-electron chi connectivity index (χ0n) is 19.5. The third-order valence-corrected chi connectivity index (χ3v) is 7.66. The molecule has 2 nitrogen and oxygen atoms in total. The van der Waals surface area contributed by atoms with E-state index in [4.69, 9.17) is 4.98 Å². The topological polar surface area (TPSA) is 17.8 Å². The van der Waals surface area contributed by atoms with Crippen LogP contribution in [0.15, 0.2) is 133 Å². The predicted octanol–water partition coefficient (Wildman–Crippen LogP) is 9.24. The molecule has 0 aliphatic carbocycles. The molecule has 7 aromatic rings. The predicted molar refractivity (Wildman–Crippen MR) is 153 cm³/mol. The maximum atomic E-state index is 5.11. The highest BCUT2D eigenvalue weighted by Crippen LogP contribution is 2.38. The van der Waals surface area contributed by atoms with E-state index in [0.717, 1.165) is 28.1 Å². The molecule has 0 spiro atoms. The Hall–Kier alpha value is -4.47. The zero-order valence-corrected chi connectivity index (χ0v) is 20.3. The first-order chi connectivity index (χ1) is 17.8. The van der Waals surface area contributed by atoms with Gasteiger partial charge in [0.25, 0.3) is 0 Å². The maximum absolute atomic E-state index is 5.11. The standard InChI is InChI=1S/C33H22N2S/c1-3-9-23(10-4-1)25-15-18-27(19-16-25)35-31-14-8-7-13-30(31)34-33(35)29-22-36-32-21-26(17-20-28(29)32)24-11-5-2-6-12-24/h1-22H. The Balaban J connectivity index is 1.38. The monoisotopic (exact) mass is 478 g/mol. The van der Waals surface area contributed by atoms with Crippen molar-refractivity contribution in [1.29, 1.82) is 0 Å². The van der Waals surface area contributed by atoms with Crippen LogP contribution in [0, 0.1) is 0 Å². The van der Waals surface area contributed by atoms with E-state index in [0.29, 0.717) is 0 Å². The Morgan fingerprint density at radius 1 is 0.556 bits per heavy atom. The van der Waals surface area contributed by atoms with Crippen LogP contribution in [0.3, 0.4) is 0 Å². The molecule has 0 aliphatic heterocycles. The van der Waals surface area contributed by atoms with Crippen LogP contribution in [-0.4, -0.2) is 9.55 Å². The van der Waals surface area contributed by atoms with Crippen molar-refractivity contribution in [3.8, 4) is 39.3 Å². The van der Waals surface area contributed by atoms with Gasteiger partial charge in [0.05, 0.1) is 11.0 Å². The molecule has 2 aromatic heterocycles. The third-order valence-electron chi connectivity index (χ3n) is 6.72. The van der Waals surface area contributed by atoms with Gasteiger partial charge >= 0.3 is 0 Å². The van der Waals surface area contributed by atoms with Gasteiger partial charge in [-0.2, -0.15) is 0 Å². The fraction of sp³-hybridized carbons (Fsp3) is 0. The number of thiophene rings is 1. The summed E-state index contributed by atoms with van der Waals surface area (Å²) >= 11 is 1.78. The molecule has 0 N–H and O–H groups in total. The van der Waals surface area contributed by atoms with Crippen molar-refractivity contribution in [1.82, 2.24) is 9.55 Å². The Kier molecular flexibility index (Phi) is 5.00. The summed E-state index contributed by atoms with van der Waals surface area (Å²) in [6.07, 6.45) is 0. The highest BCUT2D eigenvalue weighted by atomic mass is 32.1. The van der Waals surface area contributed by atoms with E-state index in [1.807, 2.05) is 0 Å². The Morgan fingerprint density at radius 2 is 1.17 bits per heavy atom. The van der Waals surface area contributed by atoms with Crippen molar-refractivity contribution in [2.75, 3.05) is 0 Å². The molecule has 2 heterocycles. The number of hydrogen-bond donors (Lipinski definition) is 0. The summed E-state index contributed by atoms with van der Waals surface area (Å²) in [4.78, 5) is 5.11. The van der Waals surface area contributed by atoms with Crippen LogP contribution >= 0.6 is 11.3 Å². The van der Waals surface area contributed by atoms with E-state index in [-0.39, 0.29) is 0 Å². The van der Waals surface area contributed by atoms with Gasteiger partial charge in [0.1, 0.15) is 5.82 Å². The highest BCUT2D eigenvalue weighted by molar-refractivity contribution is 7.17. The number of fused-ring (bicyclic) bond motifs is 2. The SMILES string of the molecule is c1ccc(-c2ccc(-n3c(-c4csc5cc(-c6ccccc6)ccc45)nc4ccccc43)cc2)cc1. The van der Waals surface area contributed by atoms with Gasteiger partial charge in [-0.1, -0.05) is 97.1 Å². The first kappa shape index (κ1) is 20.9. The van der Waals surface area contributed by atoms with Crippen molar-refractivity contribution in [3.05, 3.63) is 133 Å². The van der Waals surface area contributed by atoms with Gasteiger partial charge in [0.15, 0.2) is 0 Å². The highest BCUT2D eigenvalue weighted by Gasteiger charge is 2.18. The lowest BCUT2D eigenvalue weighted by atomic mass is 10.0. The fourth-order valence-corrected chi connectivity index (χ4v) is 5.89. The van der Waals surface area contributed by atoms with Gasteiger partial charge in [-0.05, 0) is 52.6 Å². The van der Waals surface area contributed by atoms with E-state index in [2.05, 4.69) is 137 Å². The lowest BCUT2D eigenvalue weighted by Gasteiger charge is -2.11. The second kappa shape index (κ2) is 8.63. The molecule has 0 amide bonds. The molecule has 5 aromatic carbocycles. The van der Waals surface area contributed by atoms with Crippen molar-refractivity contribution in [2.45, 2.75) is 0 Å². The first-order valence-corrected chi connectivity index (χ1v) is 12.9. The van der Waals surface area contributed by atoms with Gasteiger partial charge in [-0.3, -0.25) is 4.57 Å². The van der Waals surface area contributed by atoms with Gasteiger partial charge < -0.3 is 0 Å². The molecule has 0 fully saturated rings. The van der Waals surface area contributed by atoms with E-state index in [1.165, 1.54) is 32.3 Å². The number of para-hydroxylation sites is 2. The first-order valence-electron chi connectivity index (χ1n) is 12.1. The Labute approximate surface area is 213 Å². The van der Waals surface area contributed by atoms with E-state index < -0.39 is 0 Å². The second-order valence-electron chi connectivity index (χ2n) is 8.90. The number of rotatable bonds is 4.